The van der Waals surface area contributed by atoms with Crippen LogP contribution >= 0.6 is 0 Å². The van der Waals surface area contributed by atoms with Gasteiger partial charge in [0, 0.05) is 23.5 Å². The van der Waals surface area contributed by atoms with Gasteiger partial charge in [0.25, 0.3) is 5.91 Å². The Morgan fingerprint density at radius 3 is 2.70 bits per heavy atom. The van der Waals surface area contributed by atoms with Gasteiger partial charge in [-0.1, -0.05) is 18.2 Å². The molecular weight excluding hydrogens is 252 g/mol. The van der Waals surface area contributed by atoms with Crippen LogP contribution in [0.4, 0.5) is 0 Å². The Balaban J connectivity index is 2.39. The number of fused-ring (bicyclic) bond motifs is 1. The quantitative estimate of drug-likeness (QED) is 0.854. The molecule has 0 fully saturated rings. The van der Waals surface area contributed by atoms with Crippen molar-refractivity contribution in [2.24, 2.45) is 0 Å². The number of hydrogen-bond donors (Lipinski definition) is 0. The molecule has 0 saturated carbocycles. The van der Waals surface area contributed by atoms with Gasteiger partial charge in [-0.2, -0.15) is 5.26 Å². The van der Waals surface area contributed by atoms with Gasteiger partial charge in [0.05, 0.1) is 12.5 Å². The van der Waals surface area contributed by atoms with Crippen LogP contribution in [-0.4, -0.2) is 23.4 Å². The standard InChI is InChI=1S/C16H18N2O2/c1-11(2)18(10-6-9-17)16(19)15-12(3)13-7-4-5-8-14(13)20-15/h4-5,7-8,11H,6,10H2,1-3H3. The van der Waals surface area contributed by atoms with Crippen LogP contribution < -0.4 is 0 Å². The van der Waals surface area contributed by atoms with E-state index in [0.717, 1.165) is 16.5 Å². The molecule has 20 heavy (non-hydrogen) atoms. The molecule has 0 aliphatic heterocycles. The molecule has 0 radical (unpaired) electrons. The van der Waals surface area contributed by atoms with E-state index in [0.29, 0.717) is 18.7 Å². The van der Waals surface area contributed by atoms with E-state index in [2.05, 4.69) is 6.07 Å². The smallest absolute Gasteiger partial charge is 0.290 e. The van der Waals surface area contributed by atoms with Crippen LogP contribution in [0, 0.1) is 18.3 Å². The molecule has 1 amide bonds. The number of carbonyl (C=O) groups excluding carboxylic acids is 1. The average Bonchev–Trinajstić information content (AvgIpc) is 2.76. The normalized spacial score (nSPS) is 10.8. The third kappa shape index (κ3) is 2.53. The van der Waals surface area contributed by atoms with Crippen molar-refractivity contribution in [1.82, 2.24) is 4.90 Å². The summed E-state index contributed by atoms with van der Waals surface area (Å²) in [5, 5.41) is 9.66. The summed E-state index contributed by atoms with van der Waals surface area (Å²) >= 11 is 0. The zero-order valence-corrected chi connectivity index (χ0v) is 12.0. The first kappa shape index (κ1) is 14.1. The maximum Gasteiger partial charge on any atom is 0.290 e. The summed E-state index contributed by atoms with van der Waals surface area (Å²) in [6.45, 7) is 6.19. The van der Waals surface area contributed by atoms with Crippen LogP contribution in [0.2, 0.25) is 0 Å². The summed E-state index contributed by atoms with van der Waals surface area (Å²) < 4.78 is 5.70. The lowest BCUT2D eigenvalue weighted by Crippen LogP contribution is -2.37. The monoisotopic (exact) mass is 270 g/mol. The van der Waals surface area contributed by atoms with Gasteiger partial charge in [0.1, 0.15) is 5.58 Å². The van der Waals surface area contributed by atoms with Crippen molar-refractivity contribution in [2.45, 2.75) is 33.2 Å². The van der Waals surface area contributed by atoms with E-state index in [1.54, 1.807) is 4.90 Å². The number of nitriles is 1. The van der Waals surface area contributed by atoms with Gasteiger partial charge < -0.3 is 9.32 Å². The molecule has 4 nitrogen and oxygen atoms in total. The molecule has 0 aliphatic carbocycles. The van der Waals surface area contributed by atoms with E-state index in [9.17, 15) is 4.79 Å². The number of hydrogen-bond acceptors (Lipinski definition) is 3. The Labute approximate surface area is 118 Å². The SMILES string of the molecule is Cc1c(C(=O)N(CCC#N)C(C)C)oc2ccccc12. The largest absolute Gasteiger partial charge is 0.451 e. The number of amides is 1. The number of benzene rings is 1. The summed E-state index contributed by atoms with van der Waals surface area (Å²) in [5.74, 6) is 0.224. The summed E-state index contributed by atoms with van der Waals surface area (Å²) in [4.78, 5) is 14.3. The van der Waals surface area contributed by atoms with Crippen molar-refractivity contribution in [2.75, 3.05) is 6.54 Å². The fourth-order valence-electron chi connectivity index (χ4n) is 2.27. The van der Waals surface area contributed by atoms with Crippen molar-refractivity contribution < 1.29 is 9.21 Å². The maximum absolute atomic E-state index is 12.6. The van der Waals surface area contributed by atoms with Gasteiger partial charge in [-0.25, -0.2) is 0 Å². The van der Waals surface area contributed by atoms with Gasteiger partial charge in [0.15, 0.2) is 5.76 Å². The minimum Gasteiger partial charge on any atom is -0.451 e. The number of carbonyl (C=O) groups is 1. The van der Waals surface area contributed by atoms with Crippen molar-refractivity contribution in [1.29, 1.82) is 5.26 Å². The molecule has 1 heterocycles. The maximum atomic E-state index is 12.6. The predicted molar refractivity (Wildman–Crippen MR) is 77.4 cm³/mol. The van der Waals surface area contributed by atoms with E-state index in [-0.39, 0.29) is 11.9 Å². The molecule has 0 saturated heterocycles. The highest BCUT2D eigenvalue weighted by atomic mass is 16.3. The first-order valence-corrected chi connectivity index (χ1v) is 6.72. The van der Waals surface area contributed by atoms with Crippen LogP contribution in [0.1, 0.15) is 36.4 Å². The lowest BCUT2D eigenvalue weighted by atomic mass is 10.1. The second-order valence-electron chi connectivity index (χ2n) is 5.05. The molecule has 0 N–H and O–H groups in total. The first-order valence-electron chi connectivity index (χ1n) is 6.72. The van der Waals surface area contributed by atoms with Crippen molar-refractivity contribution >= 4 is 16.9 Å². The van der Waals surface area contributed by atoms with Crippen LogP contribution in [0.25, 0.3) is 11.0 Å². The molecule has 2 aromatic rings. The zero-order chi connectivity index (χ0) is 14.7. The van der Waals surface area contributed by atoms with Crippen molar-refractivity contribution in [3.63, 3.8) is 0 Å². The van der Waals surface area contributed by atoms with Gasteiger partial charge in [-0.15, -0.1) is 0 Å². The predicted octanol–water partition coefficient (Wildman–Crippen LogP) is 3.51. The first-order chi connectivity index (χ1) is 9.56. The van der Waals surface area contributed by atoms with Crippen LogP contribution in [0.15, 0.2) is 28.7 Å². The molecule has 1 aromatic heterocycles. The molecule has 0 aliphatic rings. The Bertz CT molecular complexity index is 665. The van der Waals surface area contributed by atoms with Gasteiger partial charge in [-0.3, -0.25) is 4.79 Å². The second-order valence-corrected chi connectivity index (χ2v) is 5.05. The average molecular weight is 270 g/mol. The Hall–Kier alpha value is -2.28. The van der Waals surface area contributed by atoms with Gasteiger partial charge >= 0.3 is 0 Å². The summed E-state index contributed by atoms with van der Waals surface area (Å²) in [7, 11) is 0. The van der Waals surface area contributed by atoms with Crippen molar-refractivity contribution in [3.8, 4) is 6.07 Å². The van der Waals surface area contributed by atoms with Crippen LogP contribution in [0.5, 0.6) is 0 Å². The lowest BCUT2D eigenvalue weighted by molar-refractivity contribution is 0.0679. The molecule has 104 valence electrons. The second kappa shape index (κ2) is 5.79. The third-order valence-corrected chi connectivity index (χ3v) is 3.39. The van der Waals surface area contributed by atoms with Crippen molar-refractivity contribution in [3.05, 3.63) is 35.6 Å². The number of furan rings is 1. The summed E-state index contributed by atoms with van der Waals surface area (Å²) in [6.07, 6.45) is 0.323. The summed E-state index contributed by atoms with van der Waals surface area (Å²) in [5.41, 5.74) is 1.57. The Morgan fingerprint density at radius 2 is 2.10 bits per heavy atom. The van der Waals surface area contributed by atoms with Gasteiger partial charge in [-0.05, 0) is 26.8 Å². The topological polar surface area (TPSA) is 57.2 Å². The highest BCUT2D eigenvalue weighted by Crippen LogP contribution is 2.26. The molecule has 0 bridgehead atoms. The minimum atomic E-state index is -0.149. The van der Waals surface area contributed by atoms with E-state index in [4.69, 9.17) is 9.68 Å². The van der Waals surface area contributed by atoms with E-state index in [1.165, 1.54) is 0 Å². The Morgan fingerprint density at radius 1 is 1.40 bits per heavy atom. The highest BCUT2D eigenvalue weighted by molar-refractivity contribution is 5.99. The fourth-order valence-corrected chi connectivity index (χ4v) is 2.27. The lowest BCUT2D eigenvalue weighted by Gasteiger charge is -2.25. The molecular formula is C16H18N2O2. The molecule has 1 aromatic carbocycles. The summed E-state index contributed by atoms with van der Waals surface area (Å²) in [6, 6.07) is 9.72. The fraction of sp³-hybridized carbons (Fsp3) is 0.375. The molecule has 4 heteroatoms. The molecule has 0 atom stereocenters. The molecule has 2 rings (SSSR count). The van der Waals surface area contributed by atoms with Crippen LogP contribution in [0.3, 0.4) is 0 Å². The highest BCUT2D eigenvalue weighted by Gasteiger charge is 2.24. The van der Waals surface area contributed by atoms with E-state index in [1.807, 2.05) is 45.0 Å². The molecule has 0 spiro atoms. The van der Waals surface area contributed by atoms with Crippen LogP contribution in [-0.2, 0) is 0 Å². The van der Waals surface area contributed by atoms with Gasteiger partial charge in [0.2, 0.25) is 0 Å². The zero-order valence-electron chi connectivity index (χ0n) is 12.0. The molecule has 0 unspecified atom stereocenters. The third-order valence-electron chi connectivity index (χ3n) is 3.39. The van der Waals surface area contributed by atoms with E-state index >= 15 is 0 Å². The van der Waals surface area contributed by atoms with E-state index < -0.39 is 0 Å². The Kier molecular flexibility index (Phi) is 4.09. The number of aryl methyl sites for hydroxylation is 1. The number of para-hydroxylation sites is 1. The minimum absolute atomic E-state index is 0.0310. The number of nitrogens with zero attached hydrogens (tertiary/aromatic N) is 2. The number of rotatable bonds is 4.